The summed E-state index contributed by atoms with van der Waals surface area (Å²) in [6.07, 6.45) is 7.71. The van der Waals surface area contributed by atoms with Gasteiger partial charge in [0.05, 0.1) is 6.10 Å². The zero-order valence-corrected chi connectivity index (χ0v) is 26.2. The fourth-order valence-corrected chi connectivity index (χ4v) is 6.84. The van der Waals surface area contributed by atoms with E-state index in [1.165, 1.54) is 11.1 Å². The fraction of sp³-hybridized carbons (Fsp3) is 0.618. The molecule has 2 aliphatic heterocycles. The van der Waals surface area contributed by atoms with Crippen LogP contribution in [-0.4, -0.2) is 70.8 Å². The van der Waals surface area contributed by atoms with Gasteiger partial charge in [0.1, 0.15) is 11.4 Å². The molecule has 2 fully saturated rings. The molecular weight excluding hydrogens is 528 g/mol. The molecule has 1 aromatic carbocycles. The Bertz CT molecular complexity index is 1270. The fourth-order valence-electron chi connectivity index (χ4n) is 6.84. The highest BCUT2D eigenvalue weighted by Crippen LogP contribution is 2.37. The van der Waals surface area contributed by atoms with Gasteiger partial charge in [0.2, 0.25) is 5.91 Å². The third-order valence-electron chi connectivity index (χ3n) is 9.17. The Hall–Kier alpha value is -3.13. The zero-order valence-electron chi connectivity index (χ0n) is 26.2. The number of likely N-dealkylation sites (tertiary alicyclic amines) is 1. The third kappa shape index (κ3) is 7.08. The van der Waals surface area contributed by atoms with Crippen LogP contribution in [0.2, 0.25) is 0 Å². The normalized spacial score (nSPS) is 26.4. The van der Waals surface area contributed by atoms with Crippen LogP contribution in [0.3, 0.4) is 0 Å². The number of nitrogens with zero attached hydrogens (tertiary/aromatic N) is 3. The number of carbonyl (C=O) groups excluding carboxylic acids is 2. The van der Waals surface area contributed by atoms with Crippen LogP contribution in [0.15, 0.2) is 36.5 Å². The summed E-state index contributed by atoms with van der Waals surface area (Å²) in [7, 11) is 1.80. The Morgan fingerprint density at radius 1 is 1.05 bits per heavy atom. The summed E-state index contributed by atoms with van der Waals surface area (Å²) in [6, 6.07) is 11.0. The van der Waals surface area contributed by atoms with Crippen LogP contribution in [-0.2, 0) is 27.2 Å². The van der Waals surface area contributed by atoms with Gasteiger partial charge in [-0.05, 0) is 95.9 Å². The largest absolute Gasteiger partial charge is 0.444 e. The van der Waals surface area contributed by atoms with Crippen LogP contribution in [0.1, 0.15) is 88.0 Å². The number of piperidine rings is 1. The molecule has 3 heterocycles. The minimum absolute atomic E-state index is 0.0805. The highest BCUT2D eigenvalue weighted by Gasteiger charge is 2.41. The number of anilines is 1. The van der Waals surface area contributed by atoms with E-state index in [-0.39, 0.29) is 29.9 Å². The highest BCUT2D eigenvalue weighted by atomic mass is 16.6. The number of benzene rings is 1. The lowest BCUT2D eigenvalue weighted by Crippen LogP contribution is -2.52. The number of aromatic nitrogens is 1. The van der Waals surface area contributed by atoms with E-state index >= 15 is 0 Å². The van der Waals surface area contributed by atoms with Crippen molar-refractivity contribution in [3.63, 3.8) is 0 Å². The molecule has 1 aromatic heterocycles. The lowest BCUT2D eigenvalue weighted by atomic mass is 9.79. The summed E-state index contributed by atoms with van der Waals surface area (Å²) in [5, 5.41) is 3.64. The molecule has 0 bridgehead atoms. The Morgan fingerprint density at radius 3 is 2.50 bits per heavy atom. The van der Waals surface area contributed by atoms with Gasteiger partial charge in [-0.1, -0.05) is 29.8 Å². The van der Waals surface area contributed by atoms with E-state index in [1.807, 2.05) is 33.0 Å². The molecule has 228 valence electrons. The van der Waals surface area contributed by atoms with Gasteiger partial charge in [-0.15, -0.1) is 0 Å². The molecule has 3 aliphatic rings. The number of fused-ring (bicyclic) bond motifs is 1. The Balaban J connectivity index is 1.33. The first-order valence-electron chi connectivity index (χ1n) is 15.6. The number of methoxy groups -OCH3 is 1. The molecule has 3 atom stereocenters. The van der Waals surface area contributed by atoms with E-state index in [2.05, 4.69) is 48.3 Å². The van der Waals surface area contributed by atoms with Gasteiger partial charge >= 0.3 is 6.09 Å². The summed E-state index contributed by atoms with van der Waals surface area (Å²) in [5.41, 5.74) is 4.07. The van der Waals surface area contributed by atoms with Crippen molar-refractivity contribution in [2.75, 3.05) is 25.5 Å². The van der Waals surface area contributed by atoms with E-state index in [9.17, 15) is 9.59 Å². The van der Waals surface area contributed by atoms with Crippen molar-refractivity contribution in [3.8, 4) is 0 Å². The molecule has 1 N–H and O–H groups in total. The second-order valence-corrected chi connectivity index (χ2v) is 13.6. The summed E-state index contributed by atoms with van der Waals surface area (Å²) in [6.45, 7) is 11.4. The Morgan fingerprint density at radius 2 is 1.81 bits per heavy atom. The summed E-state index contributed by atoms with van der Waals surface area (Å²) in [5.74, 6) is 0.765. The van der Waals surface area contributed by atoms with Crippen molar-refractivity contribution >= 4 is 17.8 Å². The zero-order chi connectivity index (χ0) is 30.0. The first-order valence-corrected chi connectivity index (χ1v) is 15.6. The number of aryl methyl sites for hydroxylation is 1. The minimum Gasteiger partial charge on any atom is -0.444 e. The van der Waals surface area contributed by atoms with Gasteiger partial charge in [0.25, 0.3) is 0 Å². The maximum atomic E-state index is 14.4. The molecule has 0 unspecified atom stereocenters. The number of carbonyl (C=O) groups is 2. The molecular formula is C34H48N4O4. The van der Waals surface area contributed by atoms with Crippen molar-refractivity contribution in [3.05, 3.63) is 58.8 Å². The van der Waals surface area contributed by atoms with Crippen LogP contribution in [0.4, 0.5) is 10.6 Å². The number of amides is 2. The predicted molar refractivity (Wildman–Crippen MR) is 164 cm³/mol. The monoisotopic (exact) mass is 576 g/mol. The second kappa shape index (κ2) is 12.6. The van der Waals surface area contributed by atoms with E-state index < -0.39 is 5.60 Å². The topological polar surface area (TPSA) is 84.0 Å². The molecule has 1 saturated carbocycles. The van der Waals surface area contributed by atoms with Crippen molar-refractivity contribution in [2.24, 2.45) is 5.92 Å². The van der Waals surface area contributed by atoms with E-state index in [0.717, 1.165) is 49.0 Å². The van der Waals surface area contributed by atoms with Crippen LogP contribution in [0.25, 0.3) is 0 Å². The second-order valence-electron chi connectivity index (χ2n) is 13.6. The van der Waals surface area contributed by atoms with Crippen LogP contribution >= 0.6 is 0 Å². The lowest BCUT2D eigenvalue weighted by molar-refractivity contribution is -0.141. The molecule has 2 aromatic rings. The SMILES string of the molecule is COC1CCC(Nc2cc3c(cn2)C[C@H](C)N(C(=O)[C@@H]2CCN(C(=O)OC(C)(C)C)C[C@H]2c2cccc(C)c2)C3)CC1. The summed E-state index contributed by atoms with van der Waals surface area (Å²) < 4.78 is 11.2. The van der Waals surface area contributed by atoms with E-state index in [0.29, 0.717) is 38.2 Å². The number of hydrogen-bond donors (Lipinski definition) is 1. The summed E-state index contributed by atoms with van der Waals surface area (Å²) >= 11 is 0. The molecule has 8 heteroatoms. The van der Waals surface area contributed by atoms with Gasteiger partial charge in [-0.25, -0.2) is 9.78 Å². The van der Waals surface area contributed by atoms with Gasteiger partial charge in [0, 0.05) is 56.9 Å². The first kappa shape index (κ1) is 30.3. The number of hydrogen-bond acceptors (Lipinski definition) is 6. The third-order valence-corrected chi connectivity index (χ3v) is 9.17. The molecule has 1 saturated heterocycles. The van der Waals surface area contributed by atoms with Gasteiger partial charge in [-0.2, -0.15) is 0 Å². The highest BCUT2D eigenvalue weighted by molar-refractivity contribution is 5.81. The van der Waals surface area contributed by atoms with Crippen molar-refractivity contribution in [1.82, 2.24) is 14.8 Å². The van der Waals surface area contributed by atoms with Crippen molar-refractivity contribution < 1.29 is 19.1 Å². The van der Waals surface area contributed by atoms with Crippen LogP contribution in [0, 0.1) is 12.8 Å². The first-order chi connectivity index (χ1) is 20.0. The van der Waals surface area contributed by atoms with Crippen molar-refractivity contribution in [1.29, 1.82) is 0 Å². The molecule has 5 rings (SSSR count). The molecule has 1 aliphatic carbocycles. The quantitative estimate of drug-likeness (QED) is 0.465. The average molecular weight is 577 g/mol. The van der Waals surface area contributed by atoms with Crippen molar-refractivity contribution in [2.45, 2.75) is 109 Å². The maximum absolute atomic E-state index is 14.4. The van der Waals surface area contributed by atoms with Gasteiger partial charge in [-0.3, -0.25) is 4.79 Å². The Kier molecular flexibility index (Phi) is 9.11. The number of pyridine rings is 1. The molecule has 2 amide bonds. The predicted octanol–water partition coefficient (Wildman–Crippen LogP) is 6.07. The Labute approximate surface area is 251 Å². The molecule has 42 heavy (non-hydrogen) atoms. The minimum atomic E-state index is -0.564. The molecule has 0 spiro atoms. The lowest BCUT2D eigenvalue weighted by Gasteiger charge is -2.43. The average Bonchev–Trinajstić information content (AvgIpc) is 2.96. The van der Waals surface area contributed by atoms with Gasteiger partial charge in [0.15, 0.2) is 0 Å². The van der Waals surface area contributed by atoms with Crippen LogP contribution in [0.5, 0.6) is 0 Å². The number of nitrogens with one attached hydrogen (secondary N) is 1. The van der Waals surface area contributed by atoms with Gasteiger partial charge < -0.3 is 24.6 Å². The maximum Gasteiger partial charge on any atom is 0.410 e. The van der Waals surface area contributed by atoms with Crippen LogP contribution < -0.4 is 5.32 Å². The number of rotatable bonds is 5. The van der Waals surface area contributed by atoms with E-state index in [4.69, 9.17) is 14.5 Å². The van der Waals surface area contributed by atoms with E-state index in [1.54, 1.807) is 12.0 Å². The summed E-state index contributed by atoms with van der Waals surface area (Å²) in [4.78, 5) is 36.0. The smallest absolute Gasteiger partial charge is 0.410 e. The standard InChI is InChI=1S/C34H48N4O4/c1-22-8-7-9-24(16-22)30-21-37(33(40)42-34(3,4)5)15-14-29(30)32(39)38-20-26-18-31(35-19-25(26)17-23(38)2)36-27-10-12-28(41-6)13-11-27/h7-9,16,18-19,23,27-30H,10-15,17,20-21H2,1-6H3,(H,35,36)/t23-,27?,28?,29+,30-/m0/s1. The molecule has 8 nitrogen and oxygen atoms in total. The number of ether oxygens (including phenoxy) is 2. The molecule has 0 radical (unpaired) electrons.